The first kappa shape index (κ1) is 24.8. The Hall–Kier alpha value is -3.42. The van der Waals surface area contributed by atoms with Gasteiger partial charge in [0.1, 0.15) is 18.9 Å². The summed E-state index contributed by atoms with van der Waals surface area (Å²) in [4.78, 5) is 36.3. The average Bonchev–Trinajstić information content (AvgIpc) is 2.78. The molecular formula is C24H29FN2O5. The number of hydrogen-bond acceptors (Lipinski definition) is 5. The van der Waals surface area contributed by atoms with Gasteiger partial charge in [0.15, 0.2) is 11.6 Å². The van der Waals surface area contributed by atoms with Gasteiger partial charge in [-0.2, -0.15) is 0 Å². The number of para-hydroxylation sites is 1. The second-order valence-corrected chi connectivity index (χ2v) is 7.71. The first-order valence-corrected chi connectivity index (χ1v) is 10.5. The molecular weight excluding hydrogens is 415 g/mol. The second kappa shape index (κ2) is 13.1. The molecule has 2 N–H and O–H groups in total. The normalized spacial score (nSPS) is 12.5. The summed E-state index contributed by atoms with van der Waals surface area (Å²) in [5.41, 5.74) is 0.823. The fourth-order valence-corrected chi connectivity index (χ4v) is 2.93. The van der Waals surface area contributed by atoms with Gasteiger partial charge in [0.25, 0.3) is 0 Å². The molecule has 0 saturated heterocycles. The number of alkyl carbamates (subject to hydrolysis) is 1. The SMILES string of the molecule is CC(C)C[C@H](NC(=O)OCc1ccccc1)C(=O)NC(C=O)CCOc1ccccc1F. The summed E-state index contributed by atoms with van der Waals surface area (Å²) < 4.78 is 24.1. The minimum atomic E-state index is -0.867. The van der Waals surface area contributed by atoms with Gasteiger partial charge in [-0.25, -0.2) is 9.18 Å². The Balaban J connectivity index is 1.86. The highest BCUT2D eigenvalue weighted by Gasteiger charge is 2.25. The van der Waals surface area contributed by atoms with Crippen molar-refractivity contribution >= 4 is 18.3 Å². The van der Waals surface area contributed by atoms with Crippen LogP contribution in [0.2, 0.25) is 0 Å². The molecule has 0 saturated carbocycles. The van der Waals surface area contributed by atoms with Crippen LogP contribution >= 0.6 is 0 Å². The minimum Gasteiger partial charge on any atom is -0.490 e. The van der Waals surface area contributed by atoms with Crippen LogP contribution in [-0.4, -0.2) is 37.0 Å². The van der Waals surface area contributed by atoms with Crippen molar-refractivity contribution in [3.63, 3.8) is 0 Å². The van der Waals surface area contributed by atoms with Crippen LogP contribution in [0, 0.1) is 11.7 Å². The number of rotatable bonds is 12. The van der Waals surface area contributed by atoms with E-state index in [0.717, 1.165) is 5.56 Å². The van der Waals surface area contributed by atoms with E-state index < -0.39 is 29.9 Å². The van der Waals surface area contributed by atoms with Crippen molar-refractivity contribution in [1.29, 1.82) is 0 Å². The number of aldehydes is 1. The lowest BCUT2D eigenvalue weighted by Crippen LogP contribution is -2.51. The molecule has 8 heteroatoms. The third-order valence-electron chi connectivity index (χ3n) is 4.54. The second-order valence-electron chi connectivity index (χ2n) is 7.71. The van der Waals surface area contributed by atoms with Crippen LogP contribution in [0.3, 0.4) is 0 Å². The fraction of sp³-hybridized carbons (Fsp3) is 0.375. The van der Waals surface area contributed by atoms with E-state index in [1.807, 2.05) is 44.2 Å². The predicted molar refractivity (Wildman–Crippen MR) is 118 cm³/mol. The van der Waals surface area contributed by atoms with Crippen LogP contribution < -0.4 is 15.4 Å². The fourth-order valence-electron chi connectivity index (χ4n) is 2.93. The third-order valence-corrected chi connectivity index (χ3v) is 4.54. The monoisotopic (exact) mass is 444 g/mol. The number of amides is 2. The Morgan fingerprint density at radius 2 is 1.72 bits per heavy atom. The molecule has 2 rings (SSSR count). The summed E-state index contributed by atoms with van der Waals surface area (Å²) in [5, 5.41) is 5.17. The summed E-state index contributed by atoms with van der Waals surface area (Å²) in [6, 6.07) is 13.4. The Morgan fingerprint density at radius 3 is 2.38 bits per heavy atom. The highest BCUT2D eigenvalue weighted by molar-refractivity contribution is 5.87. The van der Waals surface area contributed by atoms with Crippen LogP contribution in [0.1, 0.15) is 32.3 Å². The third kappa shape index (κ3) is 8.75. The van der Waals surface area contributed by atoms with Crippen LogP contribution in [0.4, 0.5) is 9.18 Å². The average molecular weight is 445 g/mol. The van der Waals surface area contributed by atoms with Crippen molar-refractivity contribution in [1.82, 2.24) is 10.6 Å². The molecule has 0 bridgehead atoms. The van der Waals surface area contributed by atoms with E-state index in [1.165, 1.54) is 12.1 Å². The summed E-state index contributed by atoms with van der Waals surface area (Å²) in [5.74, 6) is -0.823. The Kier molecular flexibility index (Phi) is 10.2. The summed E-state index contributed by atoms with van der Waals surface area (Å²) >= 11 is 0. The molecule has 7 nitrogen and oxygen atoms in total. The maximum absolute atomic E-state index is 13.6. The van der Waals surface area contributed by atoms with E-state index in [9.17, 15) is 18.8 Å². The minimum absolute atomic E-state index is 0.0337. The van der Waals surface area contributed by atoms with E-state index in [-0.39, 0.29) is 31.3 Å². The van der Waals surface area contributed by atoms with Gasteiger partial charge in [-0.15, -0.1) is 0 Å². The zero-order valence-corrected chi connectivity index (χ0v) is 18.3. The Bertz CT molecular complexity index is 876. The number of carbonyl (C=O) groups is 3. The lowest BCUT2D eigenvalue weighted by Gasteiger charge is -2.22. The largest absolute Gasteiger partial charge is 0.490 e. The molecule has 0 heterocycles. The highest BCUT2D eigenvalue weighted by Crippen LogP contribution is 2.15. The first-order valence-electron chi connectivity index (χ1n) is 10.5. The van der Waals surface area contributed by atoms with E-state index in [4.69, 9.17) is 9.47 Å². The summed E-state index contributed by atoms with van der Waals surface area (Å²) in [7, 11) is 0. The molecule has 172 valence electrons. The number of halogens is 1. The number of ether oxygens (including phenoxy) is 2. The quantitative estimate of drug-likeness (QED) is 0.488. The molecule has 0 fully saturated rings. The lowest BCUT2D eigenvalue weighted by molar-refractivity contribution is -0.126. The number of carbonyl (C=O) groups excluding carboxylic acids is 3. The van der Waals surface area contributed by atoms with E-state index in [2.05, 4.69) is 10.6 Å². The van der Waals surface area contributed by atoms with Gasteiger partial charge in [0, 0.05) is 6.42 Å². The maximum Gasteiger partial charge on any atom is 0.408 e. The molecule has 32 heavy (non-hydrogen) atoms. The van der Waals surface area contributed by atoms with Gasteiger partial charge in [-0.3, -0.25) is 4.79 Å². The lowest BCUT2D eigenvalue weighted by atomic mass is 10.0. The molecule has 2 aromatic carbocycles. The van der Waals surface area contributed by atoms with Crippen molar-refractivity contribution in [3.05, 3.63) is 66.0 Å². The number of nitrogens with one attached hydrogen (secondary N) is 2. The van der Waals surface area contributed by atoms with Crippen molar-refractivity contribution in [2.75, 3.05) is 6.61 Å². The van der Waals surface area contributed by atoms with Crippen LogP contribution in [-0.2, 0) is 20.9 Å². The zero-order valence-electron chi connectivity index (χ0n) is 18.3. The molecule has 2 atom stereocenters. The van der Waals surface area contributed by atoms with Gasteiger partial charge < -0.3 is 24.9 Å². The number of benzene rings is 2. The van der Waals surface area contributed by atoms with Gasteiger partial charge >= 0.3 is 6.09 Å². The molecule has 2 aromatic rings. The molecule has 0 radical (unpaired) electrons. The van der Waals surface area contributed by atoms with Crippen molar-refractivity contribution in [2.24, 2.45) is 5.92 Å². The molecule has 0 aromatic heterocycles. The highest BCUT2D eigenvalue weighted by atomic mass is 19.1. The van der Waals surface area contributed by atoms with Gasteiger partial charge in [0.2, 0.25) is 5.91 Å². The molecule has 1 unspecified atom stereocenters. The topological polar surface area (TPSA) is 93.7 Å². The summed E-state index contributed by atoms with van der Waals surface area (Å²) in [6.45, 7) is 3.94. The Labute approximate surface area is 187 Å². The molecule has 0 aliphatic heterocycles. The molecule has 2 amide bonds. The molecule has 0 aliphatic rings. The van der Waals surface area contributed by atoms with Crippen LogP contribution in [0.15, 0.2) is 54.6 Å². The van der Waals surface area contributed by atoms with Crippen LogP contribution in [0.5, 0.6) is 5.75 Å². The smallest absolute Gasteiger partial charge is 0.408 e. The van der Waals surface area contributed by atoms with Gasteiger partial charge in [0.05, 0.1) is 12.6 Å². The number of hydrogen-bond donors (Lipinski definition) is 2. The zero-order chi connectivity index (χ0) is 23.3. The summed E-state index contributed by atoms with van der Waals surface area (Å²) in [6.07, 6.45) is 0.378. The van der Waals surface area contributed by atoms with E-state index >= 15 is 0 Å². The van der Waals surface area contributed by atoms with Gasteiger partial charge in [-0.1, -0.05) is 56.3 Å². The van der Waals surface area contributed by atoms with E-state index in [1.54, 1.807) is 12.1 Å². The van der Waals surface area contributed by atoms with Gasteiger partial charge in [-0.05, 0) is 30.0 Å². The van der Waals surface area contributed by atoms with Crippen molar-refractivity contribution < 1.29 is 28.2 Å². The first-order chi connectivity index (χ1) is 15.4. The predicted octanol–water partition coefficient (Wildman–Crippen LogP) is 3.62. The molecule has 0 aliphatic carbocycles. The standard InChI is InChI=1S/C24H29FN2O5/c1-17(2)14-21(27-24(30)32-16-18-8-4-3-5-9-18)23(29)26-19(15-28)12-13-31-22-11-7-6-10-20(22)25/h3-11,15,17,19,21H,12-14,16H2,1-2H3,(H,26,29)(H,27,30)/t19?,21-/m0/s1. The van der Waals surface area contributed by atoms with E-state index in [0.29, 0.717) is 12.7 Å². The molecule has 0 spiro atoms. The van der Waals surface area contributed by atoms with Crippen LogP contribution in [0.25, 0.3) is 0 Å². The maximum atomic E-state index is 13.6. The van der Waals surface area contributed by atoms with Crippen molar-refractivity contribution in [2.45, 2.75) is 45.4 Å². The van der Waals surface area contributed by atoms with Crippen molar-refractivity contribution in [3.8, 4) is 5.75 Å². The Morgan fingerprint density at radius 1 is 1.03 bits per heavy atom.